The van der Waals surface area contributed by atoms with E-state index in [9.17, 15) is 14.9 Å². The standard InChI is InChI=1S/C13H22N2O3/c1-13(2,3)8-9-5-4-6-14(9)12(16)10-7-11(10)15(17)18/h9-11H,4-8H2,1-3H3/t9-,10+,11+/m0/s1. The SMILES string of the molecule is CC(C)(C)C[C@@H]1CCCN1C(=O)[C@@H]1C[C@H]1[N+](=O)[O-]. The van der Waals surface area contributed by atoms with Gasteiger partial charge in [0, 0.05) is 23.9 Å². The number of rotatable bonds is 3. The highest BCUT2D eigenvalue weighted by molar-refractivity contribution is 5.82. The van der Waals surface area contributed by atoms with Crippen molar-refractivity contribution in [3.05, 3.63) is 10.1 Å². The molecule has 0 aromatic carbocycles. The highest BCUT2D eigenvalue weighted by atomic mass is 16.6. The predicted octanol–water partition coefficient (Wildman–Crippen LogP) is 2.08. The summed E-state index contributed by atoms with van der Waals surface area (Å²) in [6.07, 6.45) is 3.49. The fourth-order valence-electron chi connectivity index (χ4n) is 2.94. The summed E-state index contributed by atoms with van der Waals surface area (Å²) in [7, 11) is 0. The first-order chi connectivity index (χ1) is 8.29. The van der Waals surface area contributed by atoms with Crippen molar-refractivity contribution in [1.82, 2.24) is 4.90 Å². The van der Waals surface area contributed by atoms with E-state index in [0.717, 1.165) is 25.8 Å². The van der Waals surface area contributed by atoms with E-state index in [1.807, 2.05) is 4.90 Å². The van der Waals surface area contributed by atoms with E-state index >= 15 is 0 Å². The van der Waals surface area contributed by atoms with Crippen LogP contribution < -0.4 is 0 Å². The molecule has 0 bridgehead atoms. The molecule has 0 aromatic rings. The van der Waals surface area contributed by atoms with Crippen LogP contribution in [0.1, 0.15) is 46.5 Å². The van der Waals surface area contributed by atoms with Gasteiger partial charge in [-0.3, -0.25) is 14.9 Å². The van der Waals surface area contributed by atoms with Crippen LogP contribution in [0.25, 0.3) is 0 Å². The first kappa shape index (κ1) is 13.3. The molecule has 18 heavy (non-hydrogen) atoms. The zero-order chi connectivity index (χ0) is 13.5. The Kier molecular flexibility index (Phi) is 3.34. The van der Waals surface area contributed by atoms with Crippen LogP contribution in [0.5, 0.6) is 0 Å². The Morgan fingerprint density at radius 3 is 2.61 bits per heavy atom. The largest absolute Gasteiger partial charge is 0.339 e. The van der Waals surface area contributed by atoms with Crippen LogP contribution in [-0.2, 0) is 4.79 Å². The van der Waals surface area contributed by atoms with Crippen molar-refractivity contribution in [2.45, 2.75) is 58.5 Å². The van der Waals surface area contributed by atoms with Crippen LogP contribution in [0.4, 0.5) is 0 Å². The van der Waals surface area contributed by atoms with E-state index in [2.05, 4.69) is 20.8 Å². The summed E-state index contributed by atoms with van der Waals surface area (Å²) in [5, 5.41) is 10.6. The summed E-state index contributed by atoms with van der Waals surface area (Å²) in [6, 6.07) is -0.334. The molecule has 5 nitrogen and oxygen atoms in total. The summed E-state index contributed by atoms with van der Waals surface area (Å²) in [6.45, 7) is 7.29. The van der Waals surface area contributed by atoms with Gasteiger partial charge in [0.15, 0.2) is 0 Å². The Hall–Kier alpha value is -1.13. The van der Waals surface area contributed by atoms with E-state index in [-0.39, 0.29) is 28.2 Å². The number of amides is 1. The van der Waals surface area contributed by atoms with Crippen molar-refractivity contribution in [3.8, 4) is 0 Å². The summed E-state index contributed by atoms with van der Waals surface area (Å²) < 4.78 is 0. The van der Waals surface area contributed by atoms with Gasteiger partial charge in [-0.25, -0.2) is 0 Å². The van der Waals surface area contributed by atoms with Crippen molar-refractivity contribution >= 4 is 5.91 Å². The Morgan fingerprint density at radius 1 is 1.44 bits per heavy atom. The van der Waals surface area contributed by atoms with Crippen LogP contribution in [0.2, 0.25) is 0 Å². The quantitative estimate of drug-likeness (QED) is 0.572. The molecule has 1 aliphatic heterocycles. The number of likely N-dealkylation sites (tertiary alicyclic amines) is 1. The third-order valence-electron chi connectivity index (χ3n) is 3.85. The first-order valence-corrected chi connectivity index (χ1v) is 6.73. The third-order valence-corrected chi connectivity index (χ3v) is 3.85. The molecule has 5 heteroatoms. The monoisotopic (exact) mass is 254 g/mol. The molecular formula is C13H22N2O3. The number of carbonyl (C=O) groups is 1. The molecule has 1 saturated carbocycles. The van der Waals surface area contributed by atoms with Gasteiger partial charge in [0.25, 0.3) is 0 Å². The van der Waals surface area contributed by atoms with Gasteiger partial charge in [0.05, 0.1) is 0 Å². The Labute approximate surface area is 108 Å². The molecule has 1 amide bonds. The van der Waals surface area contributed by atoms with Gasteiger partial charge in [-0.15, -0.1) is 0 Å². The molecule has 1 aliphatic carbocycles. The lowest BCUT2D eigenvalue weighted by Gasteiger charge is -2.30. The number of hydrogen-bond donors (Lipinski definition) is 0. The molecule has 0 unspecified atom stereocenters. The Morgan fingerprint density at radius 2 is 2.11 bits per heavy atom. The van der Waals surface area contributed by atoms with Crippen LogP contribution in [0.15, 0.2) is 0 Å². The highest BCUT2D eigenvalue weighted by Crippen LogP contribution is 2.38. The topological polar surface area (TPSA) is 63.5 Å². The van der Waals surface area contributed by atoms with Gasteiger partial charge < -0.3 is 4.90 Å². The predicted molar refractivity (Wildman–Crippen MR) is 67.7 cm³/mol. The van der Waals surface area contributed by atoms with Crippen LogP contribution in [0.3, 0.4) is 0 Å². The second-order valence-electron chi connectivity index (χ2n) is 6.79. The zero-order valence-corrected chi connectivity index (χ0v) is 11.4. The fraction of sp³-hybridized carbons (Fsp3) is 0.923. The second kappa shape index (κ2) is 4.52. The maximum atomic E-state index is 12.2. The molecular weight excluding hydrogens is 232 g/mol. The Bertz CT molecular complexity index is 362. The number of carbonyl (C=O) groups excluding carboxylic acids is 1. The van der Waals surface area contributed by atoms with E-state index in [1.54, 1.807) is 0 Å². The zero-order valence-electron chi connectivity index (χ0n) is 11.4. The van der Waals surface area contributed by atoms with Crippen LogP contribution >= 0.6 is 0 Å². The van der Waals surface area contributed by atoms with Crippen LogP contribution in [-0.4, -0.2) is 34.4 Å². The number of nitro groups is 1. The summed E-state index contributed by atoms with van der Waals surface area (Å²) in [4.78, 5) is 24.5. The minimum absolute atomic E-state index is 0.0171. The molecule has 2 aliphatic rings. The lowest BCUT2D eigenvalue weighted by molar-refractivity contribution is -0.497. The van der Waals surface area contributed by atoms with E-state index in [0.29, 0.717) is 6.42 Å². The van der Waals surface area contributed by atoms with E-state index in [4.69, 9.17) is 0 Å². The number of hydrogen-bond acceptors (Lipinski definition) is 3. The molecule has 3 atom stereocenters. The molecule has 0 N–H and O–H groups in total. The molecule has 0 aromatic heterocycles. The van der Waals surface area contributed by atoms with Crippen molar-refractivity contribution in [2.75, 3.05) is 6.54 Å². The lowest BCUT2D eigenvalue weighted by Crippen LogP contribution is -2.39. The van der Waals surface area contributed by atoms with Crippen LogP contribution in [0, 0.1) is 21.4 Å². The molecule has 2 rings (SSSR count). The van der Waals surface area contributed by atoms with Gasteiger partial charge in [-0.1, -0.05) is 20.8 Å². The first-order valence-electron chi connectivity index (χ1n) is 6.73. The Balaban J connectivity index is 1.96. The van der Waals surface area contributed by atoms with Crippen molar-refractivity contribution in [2.24, 2.45) is 11.3 Å². The minimum Gasteiger partial charge on any atom is -0.339 e. The maximum absolute atomic E-state index is 12.2. The molecule has 1 saturated heterocycles. The van der Waals surface area contributed by atoms with E-state index in [1.165, 1.54) is 0 Å². The van der Waals surface area contributed by atoms with Gasteiger partial charge in [-0.2, -0.15) is 0 Å². The molecule has 1 heterocycles. The fourth-order valence-corrected chi connectivity index (χ4v) is 2.94. The van der Waals surface area contributed by atoms with Gasteiger partial charge >= 0.3 is 0 Å². The lowest BCUT2D eigenvalue weighted by atomic mass is 9.87. The molecule has 0 spiro atoms. The second-order valence-corrected chi connectivity index (χ2v) is 6.79. The summed E-state index contributed by atoms with van der Waals surface area (Å²) in [5.74, 6) is -0.330. The minimum atomic E-state index is -0.617. The maximum Gasteiger partial charge on any atom is 0.233 e. The van der Waals surface area contributed by atoms with Crippen molar-refractivity contribution in [1.29, 1.82) is 0 Å². The third kappa shape index (κ3) is 2.82. The van der Waals surface area contributed by atoms with Gasteiger partial charge in [0.2, 0.25) is 11.9 Å². The van der Waals surface area contributed by atoms with Gasteiger partial charge in [0.1, 0.15) is 5.92 Å². The molecule has 0 radical (unpaired) electrons. The highest BCUT2D eigenvalue weighted by Gasteiger charge is 2.55. The molecule has 102 valence electrons. The normalized spacial score (nSPS) is 31.5. The molecule has 2 fully saturated rings. The number of nitrogens with zero attached hydrogens (tertiary/aromatic N) is 2. The van der Waals surface area contributed by atoms with E-state index < -0.39 is 6.04 Å². The smallest absolute Gasteiger partial charge is 0.233 e. The average Bonchev–Trinajstić information content (AvgIpc) is 2.91. The van der Waals surface area contributed by atoms with Gasteiger partial charge in [-0.05, 0) is 24.7 Å². The summed E-state index contributed by atoms with van der Waals surface area (Å²) in [5.41, 5.74) is 0.194. The van der Waals surface area contributed by atoms with Crippen molar-refractivity contribution < 1.29 is 9.72 Å². The average molecular weight is 254 g/mol. The summed E-state index contributed by atoms with van der Waals surface area (Å²) >= 11 is 0. The van der Waals surface area contributed by atoms with Crippen molar-refractivity contribution in [3.63, 3.8) is 0 Å².